The van der Waals surface area contributed by atoms with Crippen LogP contribution in [-0.2, 0) is 4.79 Å². The van der Waals surface area contributed by atoms with Crippen molar-refractivity contribution in [2.24, 2.45) is 5.73 Å². The molecule has 2 N–H and O–H groups in total. The predicted octanol–water partition coefficient (Wildman–Crippen LogP) is 2.40. The molecule has 0 saturated carbocycles. The van der Waals surface area contributed by atoms with Crippen molar-refractivity contribution in [1.82, 2.24) is 0 Å². The van der Waals surface area contributed by atoms with Crippen molar-refractivity contribution in [3.63, 3.8) is 0 Å². The summed E-state index contributed by atoms with van der Waals surface area (Å²) < 4.78 is 5.33. The van der Waals surface area contributed by atoms with E-state index in [0.717, 1.165) is 22.6 Å². The largest absolute Gasteiger partial charge is 0.496 e. The lowest BCUT2D eigenvalue weighted by Gasteiger charge is -2.24. The van der Waals surface area contributed by atoms with E-state index in [1.165, 1.54) is 0 Å². The van der Waals surface area contributed by atoms with E-state index in [1.807, 2.05) is 39.8 Å². The Kier molecular flexibility index (Phi) is 4.58. The number of carbonyl (C=O) groups excluding carboxylic acids is 1. The van der Waals surface area contributed by atoms with Crippen LogP contribution < -0.4 is 15.4 Å². The van der Waals surface area contributed by atoms with Crippen molar-refractivity contribution in [3.05, 3.63) is 23.3 Å². The molecule has 4 nitrogen and oxygen atoms in total. The van der Waals surface area contributed by atoms with E-state index in [1.54, 1.807) is 19.1 Å². The minimum atomic E-state index is -0.498. The molecule has 0 heterocycles. The molecule has 1 aromatic rings. The molecule has 0 bridgehead atoms. The van der Waals surface area contributed by atoms with Crippen LogP contribution in [0.3, 0.4) is 0 Å². The molecule has 0 atom stereocenters. The zero-order valence-electron chi connectivity index (χ0n) is 12.7. The number of ether oxygens (including phenoxy) is 1. The summed E-state index contributed by atoms with van der Waals surface area (Å²) in [6.45, 7) is 7.65. The van der Waals surface area contributed by atoms with Gasteiger partial charge in [-0.05, 0) is 51.0 Å². The summed E-state index contributed by atoms with van der Waals surface area (Å²) in [6, 6.07) is 3.90. The summed E-state index contributed by atoms with van der Waals surface area (Å²) in [6.07, 6.45) is 0.313. The Hall–Kier alpha value is -1.55. The first-order valence-electron chi connectivity index (χ1n) is 6.36. The summed E-state index contributed by atoms with van der Waals surface area (Å²) in [7, 11) is 3.43. The number of hydrogen-bond donors (Lipinski definition) is 1. The summed E-state index contributed by atoms with van der Waals surface area (Å²) in [5.41, 5.74) is 8.29. The van der Waals surface area contributed by atoms with Crippen molar-refractivity contribution < 1.29 is 9.53 Å². The molecule has 0 aliphatic heterocycles. The van der Waals surface area contributed by atoms with Crippen molar-refractivity contribution in [2.75, 3.05) is 19.1 Å². The number of rotatable bonds is 4. The molecule has 0 saturated heterocycles. The standard InChI is InChI=1S/C15H24N2O2/c1-10-7-12(8-11(2)14(10)19-6)17(5)13(18)9-15(3,4)16/h7-8H,9,16H2,1-6H3. The lowest BCUT2D eigenvalue weighted by molar-refractivity contribution is -0.119. The maximum atomic E-state index is 12.2. The third kappa shape index (κ3) is 3.96. The van der Waals surface area contributed by atoms with Crippen LogP contribution in [0, 0.1) is 13.8 Å². The molecule has 1 rings (SSSR count). The summed E-state index contributed by atoms with van der Waals surface area (Å²) in [5.74, 6) is 0.875. The van der Waals surface area contributed by atoms with Crippen LogP contribution in [0.2, 0.25) is 0 Å². The number of nitrogens with zero attached hydrogens (tertiary/aromatic N) is 1. The van der Waals surface area contributed by atoms with Crippen molar-refractivity contribution in [3.8, 4) is 5.75 Å². The molecule has 0 aliphatic carbocycles. The molecule has 106 valence electrons. The van der Waals surface area contributed by atoms with Gasteiger partial charge in [0.05, 0.1) is 7.11 Å². The van der Waals surface area contributed by atoms with Gasteiger partial charge in [-0.2, -0.15) is 0 Å². The van der Waals surface area contributed by atoms with E-state index in [0.29, 0.717) is 6.42 Å². The first kappa shape index (κ1) is 15.5. The Bertz CT molecular complexity index is 453. The summed E-state index contributed by atoms with van der Waals surface area (Å²) in [5, 5.41) is 0. The number of aryl methyl sites for hydroxylation is 2. The van der Waals surface area contributed by atoms with Gasteiger partial charge >= 0.3 is 0 Å². The highest BCUT2D eigenvalue weighted by atomic mass is 16.5. The van der Waals surface area contributed by atoms with Crippen LogP contribution in [0.5, 0.6) is 5.75 Å². The zero-order valence-corrected chi connectivity index (χ0v) is 12.7. The second kappa shape index (κ2) is 5.61. The molecule has 0 aliphatic rings. The fourth-order valence-electron chi connectivity index (χ4n) is 2.10. The Labute approximate surface area is 115 Å². The number of carbonyl (C=O) groups is 1. The lowest BCUT2D eigenvalue weighted by Crippen LogP contribution is -2.39. The maximum absolute atomic E-state index is 12.2. The normalized spacial score (nSPS) is 11.3. The van der Waals surface area contributed by atoms with Gasteiger partial charge in [-0.25, -0.2) is 0 Å². The molecule has 0 radical (unpaired) electrons. The number of hydrogen-bond acceptors (Lipinski definition) is 3. The number of benzene rings is 1. The zero-order chi connectivity index (χ0) is 14.8. The number of nitrogens with two attached hydrogens (primary N) is 1. The average molecular weight is 264 g/mol. The third-order valence-corrected chi connectivity index (χ3v) is 3.02. The van der Waals surface area contributed by atoms with Crippen LogP contribution in [0.25, 0.3) is 0 Å². The highest BCUT2D eigenvalue weighted by molar-refractivity contribution is 5.93. The fourth-order valence-corrected chi connectivity index (χ4v) is 2.10. The number of anilines is 1. The molecule has 0 unspecified atom stereocenters. The molecular formula is C15H24N2O2. The van der Waals surface area contributed by atoms with Crippen LogP contribution in [0.1, 0.15) is 31.4 Å². The van der Waals surface area contributed by atoms with Crippen LogP contribution in [0.4, 0.5) is 5.69 Å². The van der Waals surface area contributed by atoms with Gasteiger partial charge in [0.25, 0.3) is 0 Å². The van der Waals surface area contributed by atoms with E-state index < -0.39 is 5.54 Å². The highest BCUT2D eigenvalue weighted by Crippen LogP contribution is 2.28. The minimum Gasteiger partial charge on any atom is -0.496 e. The van der Waals surface area contributed by atoms with E-state index >= 15 is 0 Å². The highest BCUT2D eigenvalue weighted by Gasteiger charge is 2.21. The number of amides is 1. The fraction of sp³-hybridized carbons (Fsp3) is 0.533. The smallest absolute Gasteiger partial charge is 0.228 e. The van der Waals surface area contributed by atoms with Crippen molar-refractivity contribution >= 4 is 11.6 Å². The van der Waals surface area contributed by atoms with Gasteiger partial charge in [-0.3, -0.25) is 4.79 Å². The molecule has 1 aromatic carbocycles. The number of methoxy groups -OCH3 is 1. The van der Waals surface area contributed by atoms with Crippen molar-refractivity contribution in [1.29, 1.82) is 0 Å². The molecule has 4 heteroatoms. The van der Waals surface area contributed by atoms with Gasteiger partial charge in [0, 0.05) is 24.7 Å². The summed E-state index contributed by atoms with van der Waals surface area (Å²) >= 11 is 0. The maximum Gasteiger partial charge on any atom is 0.228 e. The molecule has 19 heavy (non-hydrogen) atoms. The van der Waals surface area contributed by atoms with E-state index in [9.17, 15) is 4.79 Å². The van der Waals surface area contributed by atoms with Crippen molar-refractivity contribution in [2.45, 2.75) is 39.7 Å². The van der Waals surface area contributed by atoms with Gasteiger partial charge in [-0.1, -0.05) is 0 Å². The van der Waals surface area contributed by atoms with E-state index in [4.69, 9.17) is 10.5 Å². The Morgan fingerprint density at radius 2 is 1.79 bits per heavy atom. The molecular weight excluding hydrogens is 240 g/mol. The third-order valence-electron chi connectivity index (χ3n) is 3.02. The topological polar surface area (TPSA) is 55.6 Å². The van der Waals surface area contributed by atoms with Crippen LogP contribution in [-0.4, -0.2) is 25.6 Å². The monoisotopic (exact) mass is 264 g/mol. The van der Waals surface area contributed by atoms with E-state index in [2.05, 4.69) is 0 Å². The minimum absolute atomic E-state index is 0.0106. The predicted molar refractivity (Wildman–Crippen MR) is 78.8 cm³/mol. The molecule has 1 amide bonds. The molecule has 0 spiro atoms. The first-order chi connectivity index (χ1) is 8.65. The lowest BCUT2D eigenvalue weighted by atomic mass is 10.0. The van der Waals surface area contributed by atoms with Crippen LogP contribution >= 0.6 is 0 Å². The summed E-state index contributed by atoms with van der Waals surface area (Å²) in [4.78, 5) is 13.8. The van der Waals surface area contributed by atoms with Gasteiger partial charge in [0.1, 0.15) is 5.75 Å². The van der Waals surface area contributed by atoms with Gasteiger partial charge < -0.3 is 15.4 Å². The molecule has 0 aromatic heterocycles. The Morgan fingerprint density at radius 1 is 1.32 bits per heavy atom. The Morgan fingerprint density at radius 3 is 2.16 bits per heavy atom. The van der Waals surface area contributed by atoms with Gasteiger partial charge in [0.15, 0.2) is 0 Å². The first-order valence-corrected chi connectivity index (χ1v) is 6.36. The second-order valence-electron chi connectivity index (χ2n) is 5.73. The quantitative estimate of drug-likeness (QED) is 0.908. The SMILES string of the molecule is COc1c(C)cc(N(C)C(=O)CC(C)(C)N)cc1C. The molecule has 0 fully saturated rings. The average Bonchev–Trinajstić information content (AvgIpc) is 2.25. The van der Waals surface area contributed by atoms with E-state index in [-0.39, 0.29) is 5.91 Å². The van der Waals surface area contributed by atoms with Crippen LogP contribution in [0.15, 0.2) is 12.1 Å². The second-order valence-corrected chi connectivity index (χ2v) is 5.73. The van der Waals surface area contributed by atoms with Gasteiger partial charge in [-0.15, -0.1) is 0 Å². The van der Waals surface area contributed by atoms with Gasteiger partial charge in [0.2, 0.25) is 5.91 Å². The Balaban J connectivity index is 3.01.